The van der Waals surface area contributed by atoms with E-state index in [1.54, 1.807) is 6.07 Å². The lowest BCUT2D eigenvalue weighted by Crippen LogP contribution is -2.28. The van der Waals surface area contributed by atoms with Crippen molar-refractivity contribution in [2.45, 2.75) is 45.0 Å². The highest BCUT2D eigenvalue weighted by Crippen LogP contribution is 2.43. The average Bonchev–Trinajstić information content (AvgIpc) is 2.84. The van der Waals surface area contributed by atoms with Crippen LogP contribution in [0, 0.1) is 0 Å². The van der Waals surface area contributed by atoms with Crippen LogP contribution in [0.5, 0.6) is 5.75 Å². The SMILES string of the molecule is CC(C)(C)OC(=O)Nc1ccc2c(c1)C1(CCCO2)OCCO1. The van der Waals surface area contributed by atoms with Crippen LogP contribution in [0.3, 0.4) is 0 Å². The molecule has 6 heteroatoms. The van der Waals surface area contributed by atoms with Gasteiger partial charge < -0.3 is 18.9 Å². The molecule has 2 heterocycles. The van der Waals surface area contributed by atoms with Crippen LogP contribution in [0.1, 0.15) is 39.2 Å². The number of carbonyl (C=O) groups is 1. The number of anilines is 1. The summed E-state index contributed by atoms with van der Waals surface area (Å²) in [5.41, 5.74) is 0.903. The van der Waals surface area contributed by atoms with Crippen LogP contribution in [-0.4, -0.2) is 31.5 Å². The topological polar surface area (TPSA) is 66.0 Å². The van der Waals surface area contributed by atoms with Gasteiger partial charge in [0.05, 0.1) is 25.4 Å². The molecule has 1 saturated heterocycles. The van der Waals surface area contributed by atoms with Gasteiger partial charge in [-0.2, -0.15) is 0 Å². The Bertz CT molecular complexity index is 587. The molecule has 1 amide bonds. The quantitative estimate of drug-likeness (QED) is 0.858. The monoisotopic (exact) mass is 321 g/mol. The fourth-order valence-electron chi connectivity index (χ4n) is 2.83. The smallest absolute Gasteiger partial charge is 0.412 e. The van der Waals surface area contributed by atoms with Crippen molar-refractivity contribution in [3.8, 4) is 5.75 Å². The molecule has 23 heavy (non-hydrogen) atoms. The molecule has 1 spiro atoms. The molecule has 2 aliphatic rings. The molecule has 0 aromatic heterocycles. The Morgan fingerprint density at radius 2 is 1.96 bits per heavy atom. The van der Waals surface area contributed by atoms with E-state index < -0.39 is 17.5 Å². The van der Waals surface area contributed by atoms with Crippen LogP contribution in [0.2, 0.25) is 0 Å². The fraction of sp³-hybridized carbons (Fsp3) is 0.588. The fourth-order valence-corrected chi connectivity index (χ4v) is 2.83. The molecule has 6 nitrogen and oxygen atoms in total. The van der Waals surface area contributed by atoms with E-state index in [1.807, 2.05) is 32.9 Å². The zero-order valence-corrected chi connectivity index (χ0v) is 13.8. The van der Waals surface area contributed by atoms with Gasteiger partial charge in [0, 0.05) is 12.1 Å². The zero-order chi connectivity index (χ0) is 16.5. The van der Waals surface area contributed by atoms with Gasteiger partial charge in [0.25, 0.3) is 0 Å². The van der Waals surface area contributed by atoms with Gasteiger partial charge in [0.15, 0.2) is 5.79 Å². The normalized spacial score (nSPS) is 19.6. The van der Waals surface area contributed by atoms with Crippen molar-refractivity contribution in [1.29, 1.82) is 0 Å². The summed E-state index contributed by atoms with van der Waals surface area (Å²) in [6, 6.07) is 5.47. The molecule has 0 bridgehead atoms. The lowest BCUT2D eigenvalue weighted by molar-refractivity contribution is -0.169. The molecule has 126 valence electrons. The maximum Gasteiger partial charge on any atom is 0.412 e. The molecule has 0 saturated carbocycles. The summed E-state index contributed by atoms with van der Waals surface area (Å²) in [5.74, 6) is -0.0311. The Morgan fingerprint density at radius 1 is 1.22 bits per heavy atom. The number of hydrogen-bond donors (Lipinski definition) is 1. The molecule has 2 aliphatic heterocycles. The number of amides is 1. The predicted octanol–water partition coefficient (Wildman–Crippen LogP) is 3.41. The van der Waals surface area contributed by atoms with Crippen LogP contribution >= 0.6 is 0 Å². The number of fused-ring (bicyclic) bond motifs is 2. The minimum Gasteiger partial charge on any atom is -0.493 e. The lowest BCUT2D eigenvalue weighted by Gasteiger charge is -2.27. The van der Waals surface area contributed by atoms with Gasteiger partial charge in [-0.25, -0.2) is 4.79 Å². The minimum atomic E-state index is -0.766. The molecule has 1 aromatic rings. The third-order valence-electron chi connectivity index (χ3n) is 3.70. The van der Waals surface area contributed by atoms with E-state index in [0.717, 1.165) is 24.2 Å². The van der Waals surface area contributed by atoms with Gasteiger partial charge in [0.1, 0.15) is 11.4 Å². The summed E-state index contributed by atoms with van der Waals surface area (Å²) in [4.78, 5) is 11.9. The first-order valence-corrected chi connectivity index (χ1v) is 7.93. The summed E-state index contributed by atoms with van der Waals surface area (Å²) in [7, 11) is 0. The summed E-state index contributed by atoms with van der Waals surface area (Å²) >= 11 is 0. The van der Waals surface area contributed by atoms with Gasteiger partial charge in [-0.1, -0.05) is 0 Å². The Morgan fingerprint density at radius 3 is 2.65 bits per heavy atom. The van der Waals surface area contributed by atoms with Crippen LogP contribution in [-0.2, 0) is 20.0 Å². The Kier molecular flexibility index (Phi) is 4.21. The molecule has 0 aliphatic carbocycles. The van der Waals surface area contributed by atoms with E-state index in [0.29, 0.717) is 25.5 Å². The maximum absolute atomic E-state index is 11.9. The van der Waals surface area contributed by atoms with Crippen LogP contribution in [0.4, 0.5) is 10.5 Å². The average molecular weight is 321 g/mol. The standard InChI is InChI=1S/C17H23NO5/c1-16(2,3)23-15(19)18-12-5-6-14-13(11-12)17(7-4-8-20-14)21-9-10-22-17/h5-6,11H,4,7-10H2,1-3H3,(H,18,19). The molecular formula is C17H23NO5. The van der Waals surface area contributed by atoms with Gasteiger partial charge in [0.2, 0.25) is 0 Å². The molecule has 1 N–H and O–H groups in total. The molecule has 1 aromatic carbocycles. The van der Waals surface area contributed by atoms with Crippen LogP contribution in [0.25, 0.3) is 0 Å². The number of ether oxygens (including phenoxy) is 4. The number of nitrogens with one attached hydrogen (secondary N) is 1. The molecule has 0 unspecified atom stereocenters. The highest BCUT2D eigenvalue weighted by molar-refractivity contribution is 5.85. The lowest BCUT2D eigenvalue weighted by atomic mass is 10.00. The second kappa shape index (κ2) is 6.02. The van der Waals surface area contributed by atoms with Crippen molar-refractivity contribution < 1.29 is 23.7 Å². The van der Waals surface area contributed by atoms with Gasteiger partial charge in [-0.3, -0.25) is 5.32 Å². The van der Waals surface area contributed by atoms with Crippen LogP contribution < -0.4 is 10.1 Å². The highest BCUT2D eigenvalue weighted by atomic mass is 16.7. The van der Waals surface area contributed by atoms with Crippen molar-refractivity contribution >= 4 is 11.8 Å². The van der Waals surface area contributed by atoms with Crippen molar-refractivity contribution in [2.75, 3.05) is 25.1 Å². The van der Waals surface area contributed by atoms with E-state index in [-0.39, 0.29) is 0 Å². The number of rotatable bonds is 1. The second-order valence-corrected chi connectivity index (χ2v) is 6.74. The zero-order valence-electron chi connectivity index (χ0n) is 13.8. The minimum absolute atomic E-state index is 0.491. The Balaban J connectivity index is 1.85. The van der Waals surface area contributed by atoms with E-state index in [2.05, 4.69) is 5.32 Å². The van der Waals surface area contributed by atoms with E-state index in [1.165, 1.54) is 0 Å². The Labute approximate surface area is 136 Å². The summed E-state index contributed by atoms with van der Waals surface area (Å²) < 4.78 is 22.8. The van der Waals surface area contributed by atoms with Crippen molar-refractivity contribution in [3.05, 3.63) is 23.8 Å². The first kappa shape index (κ1) is 16.1. The summed E-state index contributed by atoms with van der Waals surface area (Å²) in [6.45, 7) is 7.22. The van der Waals surface area contributed by atoms with Crippen molar-refractivity contribution in [2.24, 2.45) is 0 Å². The first-order valence-electron chi connectivity index (χ1n) is 7.93. The summed E-state index contributed by atoms with van der Waals surface area (Å²) in [5, 5.41) is 2.75. The predicted molar refractivity (Wildman–Crippen MR) is 84.6 cm³/mol. The van der Waals surface area contributed by atoms with Gasteiger partial charge in [-0.15, -0.1) is 0 Å². The first-order chi connectivity index (χ1) is 10.9. The highest BCUT2D eigenvalue weighted by Gasteiger charge is 2.42. The number of benzene rings is 1. The molecular weight excluding hydrogens is 298 g/mol. The largest absolute Gasteiger partial charge is 0.493 e. The molecule has 1 fully saturated rings. The number of hydrogen-bond acceptors (Lipinski definition) is 5. The Hall–Kier alpha value is -1.79. The van der Waals surface area contributed by atoms with Gasteiger partial charge >= 0.3 is 6.09 Å². The van der Waals surface area contributed by atoms with E-state index in [4.69, 9.17) is 18.9 Å². The third-order valence-corrected chi connectivity index (χ3v) is 3.70. The van der Waals surface area contributed by atoms with E-state index in [9.17, 15) is 4.79 Å². The second-order valence-electron chi connectivity index (χ2n) is 6.74. The third kappa shape index (κ3) is 3.59. The van der Waals surface area contributed by atoms with Crippen molar-refractivity contribution in [1.82, 2.24) is 0 Å². The molecule has 0 radical (unpaired) electrons. The van der Waals surface area contributed by atoms with Crippen LogP contribution in [0.15, 0.2) is 18.2 Å². The summed E-state index contributed by atoms with van der Waals surface area (Å²) in [6.07, 6.45) is 1.09. The maximum atomic E-state index is 11.9. The van der Waals surface area contributed by atoms with Crippen molar-refractivity contribution in [3.63, 3.8) is 0 Å². The van der Waals surface area contributed by atoms with Gasteiger partial charge in [-0.05, 0) is 45.4 Å². The van der Waals surface area contributed by atoms with E-state index >= 15 is 0 Å². The number of carbonyl (C=O) groups excluding carboxylic acids is 1. The molecule has 3 rings (SSSR count). The molecule has 0 atom stereocenters.